The van der Waals surface area contributed by atoms with Crippen LogP contribution >= 0.6 is 0 Å². The van der Waals surface area contributed by atoms with Gasteiger partial charge in [-0.3, -0.25) is 0 Å². The molecule has 0 unspecified atom stereocenters. The van der Waals surface area contributed by atoms with E-state index < -0.39 is 0 Å². The molecule has 1 N–H and O–H groups in total. The minimum Gasteiger partial charge on any atom is -0.369 e. The lowest BCUT2D eigenvalue weighted by molar-refractivity contribution is 0.340. The second-order valence-electron chi connectivity index (χ2n) is 4.56. The molecule has 0 aliphatic rings. The quantitative estimate of drug-likeness (QED) is 0.802. The lowest BCUT2D eigenvalue weighted by Crippen LogP contribution is -2.26. The topological polar surface area (TPSA) is 52.0 Å². The third kappa shape index (κ3) is 4.72. The van der Waals surface area contributed by atoms with E-state index in [1.54, 1.807) is 0 Å². The molecule has 0 amide bonds. The monoisotopic (exact) mass is 246 g/mol. The lowest BCUT2D eigenvalue weighted by atomic mass is 10.2. The van der Waals surface area contributed by atoms with E-state index >= 15 is 0 Å². The molecule has 0 atom stereocenters. The fraction of sp³-hybridized carbons (Fsp3) is 0.571. The highest BCUT2D eigenvalue weighted by Crippen LogP contribution is 2.08. The highest BCUT2D eigenvalue weighted by atomic mass is 15.1. The number of aryl methyl sites for hydroxylation is 1. The first-order valence-corrected chi connectivity index (χ1v) is 6.47. The van der Waals surface area contributed by atoms with Gasteiger partial charge in [-0.2, -0.15) is 5.26 Å². The summed E-state index contributed by atoms with van der Waals surface area (Å²) in [4.78, 5) is 6.56. The minimum atomic E-state index is 0.499. The molecule has 0 saturated heterocycles. The van der Waals surface area contributed by atoms with Gasteiger partial charge in [-0.25, -0.2) is 4.98 Å². The molecule has 98 valence electrons. The number of anilines is 1. The van der Waals surface area contributed by atoms with Gasteiger partial charge in [0.15, 0.2) is 0 Å². The number of hydrogen-bond acceptors (Lipinski definition) is 4. The lowest BCUT2D eigenvalue weighted by Gasteiger charge is -2.16. The van der Waals surface area contributed by atoms with Crippen molar-refractivity contribution < 1.29 is 0 Å². The molecular formula is C14H22N4. The van der Waals surface area contributed by atoms with Crippen LogP contribution in [0.4, 0.5) is 5.82 Å². The second-order valence-corrected chi connectivity index (χ2v) is 4.56. The summed E-state index contributed by atoms with van der Waals surface area (Å²) in [6, 6.07) is 5.95. The number of nitriles is 1. The van der Waals surface area contributed by atoms with Gasteiger partial charge in [0.2, 0.25) is 0 Å². The number of likely N-dealkylation sites (N-methyl/N-ethyl adjacent to an activating group) is 1. The van der Waals surface area contributed by atoms with Crippen LogP contribution in [0.1, 0.15) is 31.0 Å². The number of hydrogen-bond donors (Lipinski definition) is 1. The maximum absolute atomic E-state index is 8.91. The summed E-state index contributed by atoms with van der Waals surface area (Å²) in [5.41, 5.74) is 1.42. The third-order valence-corrected chi connectivity index (χ3v) is 2.90. The van der Waals surface area contributed by atoms with Crippen molar-refractivity contribution in [1.82, 2.24) is 9.88 Å². The summed E-state index contributed by atoms with van der Waals surface area (Å²) >= 11 is 0. The molecule has 4 heteroatoms. The van der Waals surface area contributed by atoms with Gasteiger partial charge in [-0.05, 0) is 38.6 Å². The van der Waals surface area contributed by atoms with E-state index in [1.807, 2.05) is 19.1 Å². The predicted octanol–water partition coefficient (Wildman–Crippen LogP) is 2.41. The van der Waals surface area contributed by atoms with Gasteiger partial charge in [0, 0.05) is 13.1 Å². The molecule has 18 heavy (non-hydrogen) atoms. The van der Waals surface area contributed by atoms with Crippen LogP contribution < -0.4 is 5.32 Å². The summed E-state index contributed by atoms with van der Waals surface area (Å²) in [6.07, 6.45) is 2.46. The Kier molecular flexibility index (Phi) is 6.16. The third-order valence-electron chi connectivity index (χ3n) is 2.90. The molecule has 0 aliphatic heterocycles. The Hall–Kier alpha value is -1.60. The summed E-state index contributed by atoms with van der Waals surface area (Å²) in [6.45, 7) is 7.06. The van der Waals surface area contributed by atoms with Crippen molar-refractivity contribution in [3.8, 4) is 6.07 Å². The number of nitrogens with one attached hydrogen (secondary N) is 1. The molecule has 0 radical (unpaired) electrons. The van der Waals surface area contributed by atoms with Gasteiger partial charge in [0.1, 0.15) is 17.6 Å². The van der Waals surface area contributed by atoms with E-state index in [0.29, 0.717) is 5.69 Å². The van der Waals surface area contributed by atoms with E-state index in [4.69, 9.17) is 5.26 Å². The molecule has 1 aromatic rings. The van der Waals surface area contributed by atoms with Crippen LogP contribution in [0.15, 0.2) is 12.1 Å². The number of rotatable bonds is 7. The summed E-state index contributed by atoms with van der Waals surface area (Å²) < 4.78 is 0. The van der Waals surface area contributed by atoms with Gasteiger partial charge in [0.25, 0.3) is 0 Å². The van der Waals surface area contributed by atoms with Gasteiger partial charge >= 0.3 is 0 Å². The molecule has 0 spiro atoms. The molecular weight excluding hydrogens is 224 g/mol. The molecule has 4 nitrogen and oxygen atoms in total. The first kappa shape index (κ1) is 14.5. The largest absolute Gasteiger partial charge is 0.369 e. The Morgan fingerprint density at radius 3 is 2.83 bits per heavy atom. The van der Waals surface area contributed by atoms with Crippen LogP contribution in [-0.2, 0) is 0 Å². The highest BCUT2D eigenvalue weighted by molar-refractivity contribution is 5.42. The average Bonchev–Trinajstić information content (AvgIpc) is 2.38. The summed E-state index contributed by atoms with van der Waals surface area (Å²) in [5.74, 6) is 0.779. The highest BCUT2D eigenvalue weighted by Gasteiger charge is 2.01. The van der Waals surface area contributed by atoms with Gasteiger partial charge in [-0.15, -0.1) is 0 Å². The second kappa shape index (κ2) is 7.67. The summed E-state index contributed by atoms with van der Waals surface area (Å²) in [5, 5.41) is 12.2. The molecule has 0 saturated carbocycles. The Bertz CT molecular complexity index is 409. The zero-order chi connectivity index (χ0) is 13.4. The first-order chi connectivity index (χ1) is 8.67. The number of unbranched alkanes of at least 4 members (excludes halogenated alkanes) is 1. The van der Waals surface area contributed by atoms with E-state index in [2.05, 4.69) is 35.2 Å². The van der Waals surface area contributed by atoms with Crippen LogP contribution in [0.2, 0.25) is 0 Å². The van der Waals surface area contributed by atoms with Gasteiger partial charge in [0.05, 0.1) is 0 Å². The van der Waals surface area contributed by atoms with Crippen LogP contribution in [0, 0.1) is 18.3 Å². The fourth-order valence-corrected chi connectivity index (χ4v) is 1.66. The van der Waals surface area contributed by atoms with Crippen LogP contribution in [-0.4, -0.2) is 36.6 Å². The van der Waals surface area contributed by atoms with Crippen LogP contribution in [0.3, 0.4) is 0 Å². The van der Waals surface area contributed by atoms with E-state index in [1.165, 1.54) is 12.8 Å². The molecule has 0 fully saturated rings. The van der Waals surface area contributed by atoms with Crippen molar-refractivity contribution in [1.29, 1.82) is 5.26 Å². The van der Waals surface area contributed by atoms with Crippen molar-refractivity contribution >= 4 is 5.82 Å². The fourth-order valence-electron chi connectivity index (χ4n) is 1.66. The predicted molar refractivity (Wildman–Crippen MR) is 74.6 cm³/mol. The Morgan fingerprint density at radius 1 is 1.39 bits per heavy atom. The van der Waals surface area contributed by atoms with Crippen LogP contribution in [0.5, 0.6) is 0 Å². The average molecular weight is 246 g/mol. The number of pyridine rings is 1. The molecule has 1 aromatic heterocycles. The van der Waals surface area contributed by atoms with Gasteiger partial charge < -0.3 is 10.2 Å². The smallest absolute Gasteiger partial charge is 0.145 e. The maximum atomic E-state index is 8.91. The van der Waals surface area contributed by atoms with Crippen LogP contribution in [0.25, 0.3) is 0 Å². The molecule has 0 bridgehead atoms. The van der Waals surface area contributed by atoms with Crippen molar-refractivity contribution in [2.45, 2.75) is 26.7 Å². The summed E-state index contributed by atoms with van der Waals surface area (Å²) in [7, 11) is 2.13. The Labute approximate surface area is 110 Å². The zero-order valence-corrected chi connectivity index (χ0v) is 11.5. The molecule has 1 heterocycles. The number of aromatic nitrogens is 1. The van der Waals surface area contributed by atoms with Crippen molar-refractivity contribution in [2.24, 2.45) is 0 Å². The van der Waals surface area contributed by atoms with E-state index in [0.717, 1.165) is 31.0 Å². The molecule has 1 rings (SSSR count). The Morgan fingerprint density at radius 2 is 2.17 bits per heavy atom. The maximum Gasteiger partial charge on any atom is 0.145 e. The van der Waals surface area contributed by atoms with Crippen molar-refractivity contribution in [3.63, 3.8) is 0 Å². The molecule has 0 aromatic carbocycles. The normalized spacial score (nSPS) is 10.4. The van der Waals surface area contributed by atoms with E-state index in [9.17, 15) is 0 Å². The SMILES string of the molecule is CCCCN(C)CCNc1ccc(C)c(C#N)n1. The Balaban J connectivity index is 2.38. The minimum absolute atomic E-state index is 0.499. The molecule has 0 aliphatic carbocycles. The van der Waals surface area contributed by atoms with Crippen molar-refractivity contribution in [3.05, 3.63) is 23.4 Å². The zero-order valence-electron chi connectivity index (χ0n) is 11.5. The van der Waals surface area contributed by atoms with Gasteiger partial charge in [-0.1, -0.05) is 19.4 Å². The van der Waals surface area contributed by atoms with E-state index in [-0.39, 0.29) is 0 Å². The standard InChI is InChI=1S/C14H22N4/c1-4-5-9-18(3)10-8-16-14-7-6-12(2)13(11-15)17-14/h6-7H,4-5,8-10H2,1-3H3,(H,16,17). The first-order valence-electron chi connectivity index (χ1n) is 6.47. The van der Waals surface area contributed by atoms with Crippen molar-refractivity contribution in [2.75, 3.05) is 32.0 Å². The number of nitrogens with zero attached hydrogens (tertiary/aromatic N) is 3.